The quantitative estimate of drug-likeness (QED) is 0.324. The van der Waals surface area contributed by atoms with Crippen LogP contribution in [0, 0.1) is 11.8 Å². The first kappa shape index (κ1) is 20.0. The van der Waals surface area contributed by atoms with E-state index in [9.17, 15) is 14.4 Å². The zero-order chi connectivity index (χ0) is 23.7. The Morgan fingerprint density at radius 1 is 0.800 bits per heavy atom. The van der Waals surface area contributed by atoms with E-state index in [0.29, 0.717) is 5.69 Å². The van der Waals surface area contributed by atoms with Gasteiger partial charge in [0.2, 0.25) is 17.6 Å². The van der Waals surface area contributed by atoms with Gasteiger partial charge in [0, 0.05) is 6.20 Å². The number of carbonyl (C=O) groups is 3. The Balaban J connectivity index is 1.38. The summed E-state index contributed by atoms with van der Waals surface area (Å²) in [7, 11) is 0. The number of amides is 2. The molecule has 2 saturated heterocycles. The van der Waals surface area contributed by atoms with Gasteiger partial charge in [-0.15, -0.1) is 0 Å². The molecule has 3 aromatic carbocycles. The number of hydrogen-bond acceptors (Lipinski definition) is 5. The third-order valence-electron chi connectivity index (χ3n) is 7.49. The summed E-state index contributed by atoms with van der Waals surface area (Å²) in [4.78, 5) is 44.7. The molecule has 170 valence electrons. The number of imide groups is 1. The Kier molecular flexibility index (Phi) is 4.15. The van der Waals surface area contributed by atoms with Crippen molar-refractivity contribution in [3.05, 3.63) is 108 Å². The average molecular weight is 460 g/mol. The van der Waals surface area contributed by atoms with Crippen molar-refractivity contribution in [3.8, 4) is 0 Å². The Hall–Kier alpha value is -4.45. The number of hydrogen-bond donors (Lipinski definition) is 0. The molecule has 2 amide bonds. The van der Waals surface area contributed by atoms with Crippen LogP contribution < -0.4 is 4.90 Å². The summed E-state index contributed by atoms with van der Waals surface area (Å²) in [5.41, 5.74) is 2.47. The molecule has 0 saturated carbocycles. The van der Waals surface area contributed by atoms with Crippen molar-refractivity contribution in [2.75, 3.05) is 4.90 Å². The lowest BCUT2D eigenvalue weighted by atomic mass is 9.84. The molecule has 35 heavy (non-hydrogen) atoms. The normalized spacial score (nSPS) is 24.6. The van der Waals surface area contributed by atoms with Crippen LogP contribution in [0.4, 0.5) is 5.69 Å². The van der Waals surface area contributed by atoms with E-state index in [1.807, 2.05) is 77.8 Å². The molecule has 0 spiro atoms. The van der Waals surface area contributed by atoms with Gasteiger partial charge in [0.05, 0.1) is 29.8 Å². The first-order chi connectivity index (χ1) is 17.1. The Bertz CT molecular complexity index is 1550. The Morgan fingerprint density at radius 2 is 1.57 bits per heavy atom. The highest BCUT2D eigenvalue weighted by atomic mass is 16.3. The molecule has 3 aliphatic rings. The number of nitrogens with zero attached hydrogens (tertiary/aromatic N) is 2. The molecular weight excluding hydrogens is 440 g/mol. The standard InChI is InChI=1S/C29H20N2O4/c32-27(22-10-5-15-35-22)26-24-23(25-21-9-4-3-7-18(21)13-14-30(25)26)28(33)31(29(24)34)20-12-11-17-6-1-2-8-19(17)16-20/h1-16,23-26H. The first-order valence-electron chi connectivity index (χ1n) is 11.6. The Morgan fingerprint density at radius 3 is 2.40 bits per heavy atom. The molecule has 4 unspecified atom stereocenters. The van der Waals surface area contributed by atoms with Gasteiger partial charge in [0.15, 0.2) is 5.76 Å². The van der Waals surface area contributed by atoms with Gasteiger partial charge in [-0.05, 0) is 52.2 Å². The van der Waals surface area contributed by atoms with Gasteiger partial charge in [-0.3, -0.25) is 14.4 Å². The molecule has 0 N–H and O–H groups in total. The summed E-state index contributed by atoms with van der Waals surface area (Å²) in [6.45, 7) is 0. The molecule has 4 heterocycles. The lowest BCUT2D eigenvalue weighted by Gasteiger charge is -2.35. The summed E-state index contributed by atoms with van der Waals surface area (Å²) >= 11 is 0. The number of furan rings is 1. The molecule has 7 rings (SSSR count). The lowest BCUT2D eigenvalue weighted by Crippen LogP contribution is -2.44. The molecule has 0 bridgehead atoms. The van der Waals surface area contributed by atoms with Crippen molar-refractivity contribution >= 4 is 40.1 Å². The van der Waals surface area contributed by atoms with Crippen molar-refractivity contribution in [1.29, 1.82) is 0 Å². The van der Waals surface area contributed by atoms with E-state index in [0.717, 1.165) is 21.9 Å². The highest BCUT2D eigenvalue weighted by Gasteiger charge is 2.64. The maximum absolute atomic E-state index is 14.0. The zero-order valence-corrected chi connectivity index (χ0v) is 18.6. The average Bonchev–Trinajstić information content (AvgIpc) is 3.60. The zero-order valence-electron chi connectivity index (χ0n) is 18.6. The molecule has 4 aromatic rings. The monoisotopic (exact) mass is 460 g/mol. The van der Waals surface area contributed by atoms with Gasteiger partial charge in [0.25, 0.3) is 0 Å². The topological polar surface area (TPSA) is 70.8 Å². The second kappa shape index (κ2) is 7.27. The van der Waals surface area contributed by atoms with Crippen molar-refractivity contribution < 1.29 is 18.8 Å². The molecule has 4 atom stereocenters. The van der Waals surface area contributed by atoms with Crippen LogP contribution in [0.1, 0.15) is 27.7 Å². The van der Waals surface area contributed by atoms with Gasteiger partial charge in [0.1, 0.15) is 6.04 Å². The highest BCUT2D eigenvalue weighted by molar-refractivity contribution is 6.25. The fraction of sp³-hybridized carbons (Fsp3) is 0.138. The maximum atomic E-state index is 14.0. The molecule has 6 nitrogen and oxygen atoms in total. The van der Waals surface area contributed by atoms with Gasteiger partial charge in [-0.2, -0.15) is 0 Å². The second-order valence-corrected chi connectivity index (χ2v) is 9.22. The third kappa shape index (κ3) is 2.74. The van der Waals surface area contributed by atoms with Gasteiger partial charge in [-0.25, -0.2) is 4.90 Å². The van der Waals surface area contributed by atoms with Crippen molar-refractivity contribution in [3.63, 3.8) is 0 Å². The van der Waals surface area contributed by atoms with Crippen LogP contribution in [0.5, 0.6) is 0 Å². The lowest BCUT2D eigenvalue weighted by molar-refractivity contribution is -0.123. The predicted molar refractivity (Wildman–Crippen MR) is 130 cm³/mol. The van der Waals surface area contributed by atoms with E-state index in [4.69, 9.17) is 4.42 Å². The number of Topliss-reactive ketones (excluding diaryl/α,β-unsaturated/α-hetero) is 1. The molecule has 0 aliphatic carbocycles. The first-order valence-corrected chi connectivity index (χ1v) is 11.6. The molecule has 6 heteroatoms. The summed E-state index contributed by atoms with van der Waals surface area (Å²) in [5, 5.41) is 1.97. The van der Waals surface area contributed by atoms with E-state index in [1.165, 1.54) is 11.2 Å². The van der Waals surface area contributed by atoms with E-state index in [2.05, 4.69) is 0 Å². The third-order valence-corrected chi connectivity index (χ3v) is 7.49. The summed E-state index contributed by atoms with van der Waals surface area (Å²) in [5.74, 6) is -2.22. The fourth-order valence-corrected chi connectivity index (χ4v) is 5.99. The number of carbonyl (C=O) groups excluding carboxylic acids is 3. The SMILES string of the molecule is O=C(c1ccco1)C1C2C(=O)N(c3ccc4ccccc4c3)C(=O)C2C2c3ccccc3C=CN12. The minimum atomic E-state index is -0.831. The molecular formula is C29H20N2O4. The van der Waals surface area contributed by atoms with Crippen LogP contribution in [0.25, 0.3) is 16.8 Å². The minimum Gasteiger partial charge on any atom is -0.461 e. The predicted octanol–water partition coefficient (Wildman–Crippen LogP) is 4.83. The summed E-state index contributed by atoms with van der Waals surface area (Å²) < 4.78 is 5.42. The number of anilines is 1. The summed E-state index contributed by atoms with van der Waals surface area (Å²) in [6, 6.07) is 23.3. The molecule has 0 radical (unpaired) electrons. The van der Waals surface area contributed by atoms with E-state index in [1.54, 1.807) is 18.2 Å². The van der Waals surface area contributed by atoms with Crippen molar-refractivity contribution in [2.24, 2.45) is 11.8 Å². The largest absolute Gasteiger partial charge is 0.461 e. The van der Waals surface area contributed by atoms with Gasteiger partial charge >= 0.3 is 0 Å². The Labute approximate surface area is 201 Å². The molecule has 3 aliphatic heterocycles. The number of rotatable bonds is 3. The number of ketones is 1. The van der Waals surface area contributed by atoms with Gasteiger partial charge < -0.3 is 9.32 Å². The van der Waals surface area contributed by atoms with Gasteiger partial charge in [-0.1, -0.05) is 54.6 Å². The van der Waals surface area contributed by atoms with Crippen molar-refractivity contribution in [2.45, 2.75) is 12.1 Å². The van der Waals surface area contributed by atoms with Crippen LogP contribution in [0.15, 0.2) is 95.7 Å². The van der Waals surface area contributed by atoms with Crippen LogP contribution in [-0.4, -0.2) is 28.5 Å². The highest BCUT2D eigenvalue weighted by Crippen LogP contribution is 2.53. The molecule has 1 aromatic heterocycles. The van der Waals surface area contributed by atoms with Crippen LogP contribution in [0.2, 0.25) is 0 Å². The van der Waals surface area contributed by atoms with Crippen LogP contribution in [0.3, 0.4) is 0 Å². The van der Waals surface area contributed by atoms with E-state index in [-0.39, 0.29) is 23.4 Å². The smallest absolute Gasteiger partial charge is 0.240 e. The van der Waals surface area contributed by atoms with Crippen molar-refractivity contribution in [1.82, 2.24) is 4.90 Å². The van der Waals surface area contributed by atoms with E-state index >= 15 is 0 Å². The van der Waals surface area contributed by atoms with Crippen LogP contribution in [-0.2, 0) is 9.59 Å². The van der Waals surface area contributed by atoms with Crippen LogP contribution >= 0.6 is 0 Å². The maximum Gasteiger partial charge on any atom is 0.240 e. The summed E-state index contributed by atoms with van der Waals surface area (Å²) in [6.07, 6.45) is 5.23. The number of fused-ring (bicyclic) bond motifs is 6. The second-order valence-electron chi connectivity index (χ2n) is 9.22. The molecule has 2 fully saturated rings. The van der Waals surface area contributed by atoms with E-state index < -0.39 is 23.9 Å². The number of benzene rings is 3. The minimum absolute atomic E-state index is 0.186. The fourth-order valence-electron chi connectivity index (χ4n) is 5.99.